The molecule has 3 heteroatoms. The SMILES string of the molecule is C=CC1(CC)CC(C)(CC)c2cccc3oc(=O)c4ccc[n+]1c4c23. The molecule has 3 nitrogen and oxygen atoms in total. The van der Waals surface area contributed by atoms with Gasteiger partial charge in [0.15, 0.2) is 11.7 Å². The lowest BCUT2D eigenvalue weighted by molar-refractivity contribution is -0.731. The van der Waals surface area contributed by atoms with Crippen LogP contribution in [0.1, 0.15) is 45.6 Å². The monoisotopic (exact) mass is 334 g/mol. The van der Waals surface area contributed by atoms with Gasteiger partial charge in [-0.2, -0.15) is 4.57 Å². The molecular formula is C22H24NO2+. The summed E-state index contributed by atoms with van der Waals surface area (Å²) in [5.74, 6) is 0. The summed E-state index contributed by atoms with van der Waals surface area (Å²) in [6.45, 7) is 10.9. The lowest BCUT2D eigenvalue weighted by Gasteiger charge is -2.34. The predicted octanol–water partition coefficient (Wildman–Crippen LogP) is 4.60. The van der Waals surface area contributed by atoms with E-state index in [9.17, 15) is 4.79 Å². The second-order valence-corrected chi connectivity index (χ2v) is 7.46. The average Bonchev–Trinajstić information content (AvgIpc) is 2.74. The van der Waals surface area contributed by atoms with Crippen LogP contribution in [-0.4, -0.2) is 0 Å². The van der Waals surface area contributed by atoms with Gasteiger partial charge in [0.2, 0.25) is 5.52 Å². The molecule has 3 heterocycles. The third-order valence-corrected chi connectivity index (χ3v) is 6.28. The molecule has 2 atom stereocenters. The molecule has 0 fully saturated rings. The topological polar surface area (TPSA) is 34.1 Å². The normalized spacial score (nSPS) is 25.4. The van der Waals surface area contributed by atoms with E-state index in [4.69, 9.17) is 4.42 Å². The highest BCUT2D eigenvalue weighted by Gasteiger charge is 2.47. The standard InChI is InChI=1S/C22H24NO2/c1-5-21(4)14-22(6-2,7-3)23-13-9-10-15-19(23)18-16(21)11-8-12-17(18)25-20(15)24/h6,8-13H,2,5,7,14H2,1,3-4H3/q+1. The maximum absolute atomic E-state index is 12.6. The van der Waals surface area contributed by atoms with Gasteiger partial charge in [-0.25, -0.2) is 4.79 Å². The minimum atomic E-state index is -0.275. The summed E-state index contributed by atoms with van der Waals surface area (Å²) in [4.78, 5) is 12.6. The maximum atomic E-state index is 12.6. The molecule has 1 aliphatic heterocycles. The molecule has 1 aliphatic rings. The molecular weight excluding hydrogens is 310 g/mol. The minimum absolute atomic E-state index is 0.0252. The summed E-state index contributed by atoms with van der Waals surface area (Å²) in [7, 11) is 0. The van der Waals surface area contributed by atoms with Crippen LogP contribution in [0.3, 0.4) is 0 Å². The quantitative estimate of drug-likeness (QED) is 0.304. The molecule has 0 amide bonds. The summed E-state index contributed by atoms with van der Waals surface area (Å²) in [5, 5.41) is 1.71. The minimum Gasteiger partial charge on any atom is -0.422 e. The summed E-state index contributed by atoms with van der Waals surface area (Å²) in [5.41, 5.74) is 2.38. The van der Waals surface area contributed by atoms with E-state index in [0.717, 1.165) is 30.2 Å². The Labute approximate surface area is 147 Å². The van der Waals surface area contributed by atoms with Gasteiger partial charge in [0.25, 0.3) is 0 Å². The van der Waals surface area contributed by atoms with Crippen molar-refractivity contribution in [2.24, 2.45) is 0 Å². The van der Waals surface area contributed by atoms with Crippen molar-refractivity contribution in [1.82, 2.24) is 0 Å². The van der Waals surface area contributed by atoms with Crippen LogP contribution < -0.4 is 10.2 Å². The fraction of sp³-hybridized carbons (Fsp3) is 0.364. The van der Waals surface area contributed by atoms with Crippen LogP contribution in [0.25, 0.3) is 21.9 Å². The van der Waals surface area contributed by atoms with Gasteiger partial charge in [-0.1, -0.05) is 39.5 Å². The van der Waals surface area contributed by atoms with Crippen molar-refractivity contribution < 1.29 is 8.98 Å². The van der Waals surface area contributed by atoms with Gasteiger partial charge >= 0.3 is 5.63 Å². The first-order chi connectivity index (χ1) is 12.0. The molecule has 2 aromatic heterocycles. The molecule has 3 aromatic rings. The Hall–Kier alpha value is -2.42. The van der Waals surface area contributed by atoms with Crippen molar-refractivity contribution in [3.8, 4) is 0 Å². The van der Waals surface area contributed by atoms with Gasteiger partial charge in [0.05, 0.1) is 5.39 Å². The van der Waals surface area contributed by atoms with Gasteiger partial charge < -0.3 is 4.42 Å². The van der Waals surface area contributed by atoms with Crippen LogP contribution in [0, 0.1) is 0 Å². The first-order valence-electron chi connectivity index (χ1n) is 9.04. The zero-order valence-corrected chi connectivity index (χ0v) is 15.1. The van der Waals surface area contributed by atoms with Gasteiger partial charge in [-0.3, -0.25) is 0 Å². The highest BCUT2D eigenvalue weighted by atomic mass is 16.4. The molecule has 0 N–H and O–H groups in total. The van der Waals surface area contributed by atoms with E-state index in [2.05, 4.69) is 50.3 Å². The summed E-state index contributed by atoms with van der Waals surface area (Å²) in [6, 6.07) is 9.90. The maximum Gasteiger partial charge on any atom is 0.350 e. The Kier molecular flexibility index (Phi) is 3.40. The molecule has 0 radical (unpaired) electrons. The molecule has 2 unspecified atom stereocenters. The molecule has 0 saturated carbocycles. The zero-order chi connectivity index (χ0) is 17.8. The Morgan fingerprint density at radius 3 is 2.72 bits per heavy atom. The number of pyridine rings is 1. The van der Waals surface area contributed by atoms with Crippen molar-refractivity contribution >= 4 is 21.9 Å². The molecule has 0 bridgehead atoms. The van der Waals surface area contributed by atoms with Crippen molar-refractivity contribution in [2.75, 3.05) is 0 Å². The number of nitrogens with zero attached hydrogens (tertiary/aromatic N) is 1. The first kappa shape index (κ1) is 16.1. The van der Waals surface area contributed by atoms with E-state index in [1.807, 2.05) is 24.3 Å². The van der Waals surface area contributed by atoms with Crippen LogP contribution in [-0.2, 0) is 11.0 Å². The average molecular weight is 334 g/mol. The Morgan fingerprint density at radius 1 is 1.24 bits per heavy atom. The van der Waals surface area contributed by atoms with Crippen LogP contribution in [0.15, 0.2) is 58.4 Å². The Morgan fingerprint density at radius 2 is 2.04 bits per heavy atom. The summed E-state index contributed by atoms with van der Waals surface area (Å²) >= 11 is 0. The highest BCUT2D eigenvalue weighted by molar-refractivity contribution is 6.02. The fourth-order valence-corrected chi connectivity index (χ4v) is 4.60. The summed E-state index contributed by atoms with van der Waals surface area (Å²) < 4.78 is 7.94. The van der Waals surface area contributed by atoms with E-state index in [-0.39, 0.29) is 16.6 Å². The van der Waals surface area contributed by atoms with Gasteiger partial charge in [-0.05, 0) is 30.2 Å². The van der Waals surface area contributed by atoms with Gasteiger partial charge in [0.1, 0.15) is 11.0 Å². The van der Waals surface area contributed by atoms with Crippen LogP contribution in [0.5, 0.6) is 0 Å². The molecule has 4 rings (SSSR count). The van der Waals surface area contributed by atoms with Crippen LogP contribution >= 0.6 is 0 Å². The smallest absolute Gasteiger partial charge is 0.350 e. The van der Waals surface area contributed by atoms with Crippen molar-refractivity contribution in [3.63, 3.8) is 0 Å². The fourth-order valence-electron chi connectivity index (χ4n) is 4.60. The number of allylic oxidation sites excluding steroid dienone is 1. The molecule has 0 spiro atoms. The predicted molar refractivity (Wildman–Crippen MR) is 101 cm³/mol. The van der Waals surface area contributed by atoms with Crippen LogP contribution in [0.4, 0.5) is 0 Å². The first-order valence-corrected chi connectivity index (χ1v) is 9.04. The van der Waals surface area contributed by atoms with E-state index in [1.165, 1.54) is 5.56 Å². The molecule has 0 saturated heterocycles. The third kappa shape index (κ3) is 1.98. The van der Waals surface area contributed by atoms with Crippen molar-refractivity contribution in [2.45, 2.75) is 51.0 Å². The Bertz CT molecular complexity index is 1060. The van der Waals surface area contributed by atoms with E-state index >= 15 is 0 Å². The Balaban J connectivity index is 2.35. The number of hydrogen-bond acceptors (Lipinski definition) is 2. The van der Waals surface area contributed by atoms with Crippen molar-refractivity contribution in [3.05, 3.63) is 65.2 Å². The highest BCUT2D eigenvalue weighted by Crippen LogP contribution is 2.45. The van der Waals surface area contributed by atoms with Crippen molar-refractivity contribution in [1.29, 1.82) is 0 Å². The largest absolute Gasteiger partial charge is 0.422 e. The number of hydrogen-bond donors (Lipinski definition) is 0. The number of benzene rings is 1. The second kappa shape index (κ2) is 5.29. The van der Waals surface area contributed by atoms with Gasteiger partial charge in [-0.15, -0.1) is 0 Å². The molecule has 0 aliphatic carbocycles. The lowest BCUT2D eigenvalue weighted by Crippen LogP contribution is -2.56. The molecule has 128 valence electrons. The third-order valence-electron chi connectivity index (χ3n) is 6.28. The second-order valence-electron chi connectivity index (χ2n) is 7.46. The van der Waals surface area contributed by atoms with Crippen LogP contribution in [0.2, 0.25) is 0 Å². The van der Waals surface area contributed by atoms with E-state index in [1.54, 1.807) is 0 Å². The zero-order valence-electron chi connectivity index (χ0n) is 15.1. The molecule has 25 heavy (non-hydrogen) atoms. The van der Waals surface area contributed by atoms with E-state index < -0.39 is 0 Å². The van der Waals surface area contributed by atoms with E-state index in [0.29, 0.717) is 11.0 Å². The van der Waals surface area contributed by atoms with Gasteiger partial charge in [0, 0.05) is 24.3 Å². The number of aromatic nitrogens is 1. The summed E-state index contributed by atoms with van der Waals surface area (Å²) in [6.07, 6.45) is 7.03. The molecule has 1 aromatic carbocycles. The lowest BCUT2D eigenvalue weighted by atomic mass is 9.70. The number of rotatable bonds is 3.